The van der Waals surface area contributed by atoms with Gasteiger partial charge in [-0.05, 0) is 0 Å². The number of aliphatic hydroxyl groups is 2. The smallest absolute Gasteiger partial charge is 0.387 e. The van der Waals surface area contributed by atoms with E-state index in [1.807, 2.05) is 0 Å². The Balaban J connectivity index is 1.51. The summed E-state index contributed by atoms with van der Waals surface area (Å²) in [4.78, 5) is 34.9. The molecule has 0 radical (unpaired) electrons. The molecule has 0 aromatic carbocycles. The van der Waals surface area contributed by atoms with Crippen molar-refractivity contribution in [1.29, 1.82) is 0 Å². The Morgan fingerprint density at radius 3 is 2.71 bits per heavy atom. The number of imidazole rings is 1. The largest absolute Gasteiger partial charge is 0.481 e. The Labute approximate surface area is 155 Å². The van der Waals surface area contributed by atoms with E-state index in [2.05, 4.69) is 18.8 Å². The average molecular weight is 440 g/mol. The monoisotopic (exact) mass is 440 g/mol. The van der Waals surface area contributed by atoms with E-state index in [-0.39, 0.29) is 0 Å². The van der Waals surface area contributed by atoms with Crippen molar-refractivity contribution in [2.75, 3.05) is 12.3 Å². The lowest BCUT2D eigenvalue weighted by Crippen LogP contribution is -2.33. The van der Waals surface area contributed by atoms with Crippen LogP contribution in [0.15, 0.2) is 6.33 Å². The van der Waals surface area contributed by atoms with Crippen molar-refractivity contribution in [3.63, 3.8) is 0 Å². The standard InChI is InChI=1S/C11H15N5O10P2/c12-9-6-10(14-5-1-15(5)9)16(3-13-6)11-8(18)7(17)4(25-11)2-24-28(22,23)26-27(19,20)21/h3-4,7-8,11-12,17-18H,1-2H2,(H3,19,20,21,22,23)/p+1/t4-,7-,8-,11-,15?/m1/s1. The van der Waals surface area contributed by atoms with Crippen LogP contribution in [0.2, 0.25) is 0 Å². The summed E-state index contributed by atoms with van der Waals surface area (Å²) >= 11 is 0. The number of aliphatic hydroxyl groups excluding tert-OH is 2. The first-order valence-corrected chi connectivity index (χ1v) is 10.8. The van der Waals surface area contributed by atoms with Gasteiger partial charge in [-0.25, -0.2) is 18.7 Å². The summed E-state index contributed by atoms with van der Waals surface area (Å²) in [6, 6.07) is 0. The molecule has 1 saturated heterocycles. The third-order valence-corrected chi connectivity index (χ3v) is 6.42. The number of rotatable bonds is 6. The first-order valence-electron chi connectivity index (χ1n) is 7.77. The van der Waals surface area contributed by atoms with E-state index in [1.165, 1.54) is 10.9 Å². The van der Waals surface area contributed by atoms with Crippen molar-refractivity contribution in [3.05, 3.63) is 12.2 Å². The lowest BCUT2D eigenvalue weighted by atomic mass is 10.1. The number of aromatic nitrogens is 4. The van der Waals surface area contributed by atoms with Gasteiger partial charge in [0.2, 0.25) is 5.65 Å². The summed E-state index contributed by atoms with van der Waals surface area (Å²) in [6.07, 6.45) is -4.19. The summed E-state index contributed by atoms with van der Waals surface area (Å²) in [6.45, 7) is -0.239. The molecular formula is C11H16N5O10P2+. The zero-order valence-electron chi connectivity index (χ0n) is 13.8. The summed E-state index contributed by atoms with van der Waals surface area (Å²) < 4.78 is 38.8. The zero-order chi connectivity index (χ0) is 20.4. The number of hydrogen-bond donors (Lipinski definition) is 6. The highest BCUT2D eigenvalue weighted by atomic mass is 31.3. The van der Waals surface area contributed by atoms with Crippen LogP contribution < -0.4 is 10.3 Å². The van der Waals surface area contributed by atoms with Gasteiger partial charge in [-0.3, -0.25) is 9.09 Å². The fraction of sp³-hybridized carbons (Fsp3) is 0.545. The molecule has 7 N–H and O–H groups in total. The van der Waals surface area contributed by atoms with Crippen LogP contribution in [0.4, 0.5) is 5.82 Å². The van der Waals surface area contributed by atoms with E-state index in [9.17, 15) is 24.2 Å². The van der Waals surface area contributed by atoms with Crippen LogP contribution >= 0.6 is 15.6 Å². The molecule has 2 aliphatic heterocycles. The Hall–Kier alpha value is -1.51. The number of phosphoric acid groups is 2. The van der Waals surface area contributed by atoms with Gasteiger partial charge in [-0.2, -0.15) is 4.31 Å². The molecule has 17 heteroatoms. The molecule has 5 atom stereocenters. The van der Waals surface area contributed by atoms with Gasteiger partial charge in [0.15, 0.2) is 18.3 Å². The summed E-state index contributed by atoms with van der Waals surface area (Å²) in [5.74, 6) is 1.10. The fourth-order valence-corrected chi connectivity index (χ4v) is 4.53. The SMILES string of the molecule is Nc1c2ncn([C@@H]3O[C@H](COP(=O)(O)OP(=O)(O)O)[C@@H](O)[C@H]3O)c2nc2[n+]1C2. The van der Waals surface area contributed by atoms with Gasteiger partial charge >= 0.3 is 15.6 Å². The van der Waals surface area contributed by atoms with Crippen LogP contribution in [-0.2, 0) is 29.2 Å². The van der Waals surface area contributed by atoms with Gasteiger partial charge in [-0.15, -0.1) is 0 Å². The Morgan fingerprint density at radius 2 is 2.04 bits per heavy atom. The van der Waals surface area contributed by atoms with Crippen molar-refractivity contribution in [2.24, 2.45) is 0 Å². The lowest BCUT2D eigenvalue weighted by Gasteiger charge is -2.17. The van der Waals surface area contributed by atoms with Crippen LogP contribution in [0, 0.1) is 0 Å². The summed E-state index contributed by atoms with van der Waals surface area (Å²) in [7, 11) is -10.4. The number of nitrogens with zero attached hydrogens (tertiary/aromatic N) is 4. The quantitative estimate of drug-likeness (QED) is 0.173. The predicted molar refractivity (Wildman–Crippen MR) is 86.1 cm³/mol. The van der Waals surface area contributed by atoms with E-state index >= 15 is 0 Å². The molecule has 0 saturated carbocycles. The predicted octanol–water partition coefficient (Wildman–Crippen LogP) is -2.49. The second kappa shape index (κ2) is 6.50. The topological polar surface area (TPSA) is 224 Å². The van der Waals surface area contributed by atoms with Crippen molar-refractivity contribution >= 4 is 32.6 Å². The number of fused-ring (bicyclic) bond motifs is 2. The van der Waals surface area contributed by atoms with Gasteiger partial charge in [0.25, 0.3) is 11.6 Å². The van der Waals surface area contributed by atoms with Gasteiger partial charge in [0.1, 0.15) is 24.6 Å². The highest BCUT2D eigenvalue weighted by molar-refractivity contribution is 7.60. The summed E-state index contributed by atoms with van der Waals surface area (Å²) in [5, 5.41) is 20.4. The van der Waals surface area contributed by atoms with Crippen molar-refractivity contribution in [3.8, 4) is 0 Å². The third-order valence-electron chi connectivity index (χ3n) is 4.27. The molecule has 0 bridgehead atoms. The summed E-state index contributed by atoms with van der Waals surface area (Å²) in [5.41, 5.74) is 6.65. The normalized spacial score (nSPS) is 29.0. The molecule has 0 amide bonds. The molecule has 4 rings (SSSR count). The third kappa shape index (κ3) is 3.57. The van der Waals surface area contributed by atoms with E-state index in [0.29, 0.717) is 29.4 Å². The average Bonchev–Trinajstić information content (AvgIpc) is 3.15. The van der Waals surface area contributed by atoms with Crippen molar-refractivity contribution in [2.45, 2.75) is 31.1 Å². The van der Waals surface area contributed by atoms with E-state index in [1.54, 1.807) is 4.57 Å². The lowest BCUT2D eigenvalue weighted by molar-refractivity contribution is -0.557. The van der Waals surface area contributed by atoms with Gasteiger partial charge in [0.05, 0.1) is 6.61 Å². The molecule has 154 valence electrons. The number of anilines is 1. The number of nitrogen functional groups attached to an aromatic ring is 1. The van der Waals surface area contributed by atoms with Gasteiger partial charge in [0, 0.05) is 0 Å². The van der Waals surface area contributed by atoms with Crippen LogP contribution in [0.1, 0.15) is 12.1 Å². The molecule has 1 unspecified atom stereocenters. The molecule has 2 aromatic heterocycles. The first-order chi connectivity index (χ1) is 13.0. The Morgan fingerprint density at radius 1 is 1.32 bits per heavy atom. The highest BCUT2D eigenvalue weighted by Crippen LogP contribution is 2.57. The highest BCUT2D eigenvalue weighted by Gasteiger charge is 2.47. The van der Waals surface area contributed by atoms with Crippen molar-refractivity contribution in [1.82, 2.24) is 14.5 Å². The number of ether oxygens (including phenoxy) is 1. The minimum absolute atomic E-state index is 0.316. The molecule has 2 aliphatic rings. The zero-order valence-corrected chi connectivity index (χ0v) is 15.6. The van der Waals surface area contributed by atoms with Crippen LogP contribution in [0.25, 0.3) is 11.2 Å². The van der Waals surface area contributed by atoms with E-state index in [0.717, 1.165) is 0 Å². The van der Waals surface area contributed by atoms with E-state index in [4.69, 9.17) is 20.3 Å². The fourth-order valence-electron chi connectivity index (χ4n) is 2.93. The molecule has 0 aliphatic carbocycles. The first kappa shape index (κ1) is 19.8. The van der Waals surface area contributed by atoms with E-state index < -0.39 is 46.8 Å². The van der Waals surface area contributed by atoms with Crippen LogP contribution in [0.5, 0.6) is 0 Å². The maximum atomic E-state index is 11.5. The Bertz CT molecular complexity index is 1040. The minimum atomic E-state index is -5.28. The van der Waals surface area contributed by atoms with Crippen molar-refractivity contribution < 1.29 is 52.2 Å². The second-order valence-corrected chi connectivity index (χ2v) is 9.04. The van der Waals surface area contributed by atoms with Gasteiger partial charge in [-0.1, -0.05) is 4.98 Å². The molecule has 15 nitrogen and oxygen atoms in total. The van der Waals surface area contributed by atoms with Crippen LogP contribution in [0.3, 0.4) is 0 Å². The Kier molecular flexibility index (Phi) is 4.60. The molecule has 4 heterocycles. The maximum absolute atomic E-state index is 11.5. The minimum Gasteiger partial charge on any atom is -0.387 e. The van der Waals surface area contributed by atoms with Crippen LogP contribution in [-0.4, -0.2) is 64.3 Å². The maximum Gasteiger partial charge on any atom is 0.481 e. The number of phosphoric ester groups is 1. The molecular weight excluding hydrogens is 424 g/mol. The molecule has 2 aromatic rings. The molecule has 28 heavy (non-hydrogen) atoms. The van der Waals surface area contributed by atoms with Gasteiger partial charge < -0.3 is 35.4 Å². The molecule has 0 spiro atoms. The number of hydrogen-bond acceptors (Lipinski definition) is 10. The second-order valence-electron chi connectivity index (χ2n) is 6.21. The number of nitrogens with two attached hydrogens (primary N) is 1. The molecule has 1 fully saturated rings.